The minimum atomic E-state index is -0.302. The van der Waals surface area contributed by atoms with Gasteiger partial charge in [-0.25, -0.2) is 0 Å². The molecular formula is C29H29N3O2. The number of phenolic OH excluding ortho intramolecular Hbond substituents is 1. The number of H-pyrrole nitrogens is 1. The zero-order valence-corrected chi connectivity index (χ0v) is 20.0. The summed E-state index contributed by atoms with van der Waals surface area (Å²) in [5.74, 6) is 0.0967. The van der Waals surface area contributed by atoms with Gasteiger partial charge in [-0.15, -0.1) is 0 Å². The van der Waals surface area contributed by atoms with Gasteiger partial charge in [0.25, 0.3) is 5.91 Å². The molecule has 5 nitrogen and oxygen atoms in total. The molecule has 1 unspecified atom stereocenters. The SMILES string of the molecule is CCc1ccc(C2c3c(-c4c(C)cc(C)cc4O)n[nH]c3C(=O)N2Cc2ccc(C)cc2)cc1. The van der Waals surface area contributed by atoms with Gasteiger partial charge >= 0.3 is 0 Å². The second-order valence-corrected chi connectivity index (χ2v) is 9.25. The number of hydrogen-bond donors (Lipinski definition) is 2. The van der Waals surface area contributed by atoms with Crippen molar-refractivity contribution in [2.24, 2.45) is 0 Å². The summed E-state index contributed by atoms with van der Waals surface area (Å²) in [5.41, 5.74) is 9.06. The molecule has 1 aromatic heterocycles. The Labute approximate surface area is 200 Å². The molecule has 2 heterocycles. The van der Waals surface area contributed by atoms with Crippen LogP contribution in [0.2, 0.25) is 0 Å². The molecule has 1 atom stereocenters. The third-order valence-corrected chi connectivity index (χ3v) is 6.74. The number of carbonyl (C=O) groups is 1. The minimum Gasteiger partial charge on any atom is -0.507 e. The number of phenols is 1. The number of aryl methyl sites for hydroxylation is 4. The van der Waals surface area contributed by atoms with Gasteiger partial charge in [0.15, 0.2) is 0 Å². The molecule has 0 fully saturated rings. The van der Waals surface area contributed by atoms with Crippen molar-refractivity contribution in [2.75, 3.05) is 0 Å². The number of fused-ring (bicyclic) bond motifs is 1. The molecule has 1 amide bonds. The first-order valence-electron chi connectivity index (χ1n) is 11.7. The Hall–Kier alpha value is -3.86. The average Bonchev–Trinajstić information content (AvgIpc) is 3.34. The van der Waals surface area contributed by atoms with Gasteiger partial charge in [-0.1, -0.05) is 67.1 Å². The fraction of sp³-hybridized carbons (Fsp3) is 0.241. The van der Waals surface area contributed by atoms with Crippen LogP contribution in [0.1, 0.15) is 62.4 Å². The monoisotopic (exact) mass is 451 g/mol. The Balaban J connectivity index is 1.67. The Morgan fingerprint density at radius 2 is 1.62 bits per heavy atom. The molecule has 3 aromatic carbocycles. The van der Waals surface area contributed by atoms with Gasteiger partial charge in [0.1, 0.15) is 17.1 Å². The summed E-state index contributed by atoms with van der Waals surface area (Å²) in [6.07, 6.45) is 0.954. The molecule has 0 radical (unpaired) electrons. The number of carbonyl (C=O) groups excluding carboxylic acids is 1. The normalized spacial score (nSPS) is 15.1. The highest BCUT2D eigenvalue weighted by Crippen LogP contribution is 2.46. The quantitative estimate of drug-likeness (QED) is 0.390. The van der Waals surface area contributed by atoms with Crippen LogP contribution in [0.4, 0.5) is 0 Å². The topological polar surface area (TPSA) is 69.2 Å². The summed E-state index contributed by atoms with van der Waals surface area (Å²) in [7, 11) is 0. The van der Waals surface area contributed by atoms with Gasteiger partial charge < -0.3 is 10.0 Å². The number of rotatable bonds is 5. The first-order chi connectivity index (χ1) is 16.4. The number of aromatic hydroxyl groups is 1. The van der Waals surface area contributed by atoms with Crippen LogP contribution in [0.25, 0.3) is 11.3 Å². The number of aromatic nitrogens is 2. The molecule has 0 saturated carbocycles. The van der Waals surface area contributed by atoms with Crippen molar-refractivity contribution in [3.63, 3.8) is 0 Å². The summed E-state index contributed by atoms with van der Waals surface area (Å²) in [5, 5.41) is 18.4. The van der Waals surface area contributed by atoms with Crippen LogP contribution in [0.5, 0.6) is 5.75 Å². The molecule has 2 N–H and O–H groups in total. The molecule has 0 aliphatic carbocycles. The highest BCUT2D eigenvalue weighted by atomic mass is 16.3. The van der Waals surface area contributed by atoms with Crippen molar-refractivity contribution >= 4 is 5.91 Å². The third-order valence-electron chi connectivity index (χ3n) is 6.74. The van der Waals surface area contributed by atoms with E-state index in [0.717, 1.165) is 34.2 Å². The lowest BCUT2D eigenvalue weighted by molar-refractivity contribution is 0.0730. The molecule has 5 heteroatoms. The molecular weight excluding hydrogens is 422 g/mol. The lowest BCUT2D eigenvalue weighted by Crippen LogP contribution is -2.29. The fourth-order valence-corrected chi connectivity index (χ4v) is 4.98. The van der Waals surface area contributed by atoms with E-state index in [1.54, 1.807) is 6.07 Å². The molecule has 4 aromatic rings. The second-order valence-electron chi connectivity index (χ2n) is 9.25. The summed E-state index contributed by atoms with van der Waals surface area (Å²) in [6.45, 7) is 8.60. The highest BCUT2D eigenvalue weighted by molar-refractivity contribution is 6.00. The van der Waals surface area contributed by atoms with Crippen LogP contribution in [0.3, 0.4) is 0 Å². The zero-order valence-electron chi connectivity index (χ0n) is 20.0. The second kappa shape index (κ2) is 8.49. The van der Waals surface area contributed by atoms with E-state index in [-0.39, 0.29) is 17.7 Å². The number of nitrogens with zero attached hydrogens (tertiary/aromatic N) is 2. The highest BCUT2D eigenvalue weighted by Gasteiger charge is 2.42. The summed E-state index contributed by atoms with van der Waals surface area (Å²) < 4.78 is 0. The number of aromatic amines is 1. The van der Waals surface area contributed by atoms with Crippen LogP contribution in [0.15, 0.2) is 60.7 Å². The van der Waals surface area contributed by atoms with Crippen molar-refractivity contribution in [1.82, 2.24) is 15.1 Å². The van der Waals surface area contributed by atoms with Crippen LogP contribution in [0, 0.1) is 20.8 Å². The molecule has 172 valence electrons. The lowest BCUT2D eigenvalue weighted by Gasteiger charge is -2.27. The Kier molecular flexibility index (Phi) is 5.48. The maximum atomic E-state index is 13.6. The standard InChI is InChI=1S/C29H29N3O2/c1-5-20-10-12-22(13-11-20)28-25-26(24-19(4)14-18(3)15-23(24)33)30-31-27(25)29(34)32(28)16-21-8-6-17(2)7-9-21/h6-15,28,33H,5,16H2,1-4H3,(H,30,31). The van der Waals surface area contributed by atoms with Gasteiger partial charge in [0, 0.05) is 17.7 Å². The van der Waals surface area contributed by atoms with E-state index in [9.17, 15) is 9.90 Å². The predicted molar refractivity (Wildman–Crippen MR) is 134 cm³/mol. The van der Waals surface area contributed by atoms with Gasteiger partial charge in [-0.2, -0.15) is 5.10 Å². The Bertz CT molecular complexity index is 1340. The van der Waals surface area contributed by atoms with Crippen molar-refractivity contribution < 1.29 is 9.90 Å². The Morgan fingerprint density at radius 1 is 0.941 bits per heavy atom. The van der Waals surface area contributed by atoms with E-state index in [1.165, 1.54) is 11.1 Å². The van der Waals surface area contributed by atoms with E-state index in [1.807, 2.05) is 24.8 Å². The maximum Gasteiger partial charge on any atom is 0.273 e. The van der Waals surface area contributed by atoms with Crippen molar-refractivity contribution in [3.05, 3.63) is 105 Å². The molecule has 0 saturated heterocycles. The van der Waals surface area contributed by atoms with Gasteiger partial charge in [-0.05, 0) is 61.1 Å². The maximum absolute atomic E-state index is 13.6. The van der Waals surface area contributed by atoms with E-state index >= 15 is 0 Å². The van der Waals surface area contributed by atoms with Crippen LogP contribution >= 0.6 is 0 Å². The minimum absolute atomic E-state index is 0.0804. The van der Waals surface area contributed by atoms with Crippen molar-refractivity contribution in [3.8, 4) is 17.0 Å². The number of hydrogen-bond acceptors (Lipinski definition) is 3. The van der Waals surface area contributed by atoms with Crippen LogP contribution < -0.4 is 0 Å². The zero-order chi connectivity index (χ0) is 24.0. The summed E-state index contributed by atoms with van der Waals surface area (Å²) in [4.78, 5) is 15.5. The van der Waals surface area contributed by atoms with Gasteiger partial charge in [-0.3, -0.25) is 9.89 Å². The van der Waals surface area contributed by atoms with Crippen molar-refractivity contribution in [1.29, 1.82) is 0 Å². The Morgan fingerprint density at radius 3 is 2.26 bits per heavy atom. The largest absolute Gasteiger partial charge is 0.507 e. The van der Waals surface area contributed by atoms with Crippen LogP contribution in [-0.2, 0) is 13.0 Å². The summed E-state index contributed by atoms with van der Waals surface area (Å²) in [6, 6.07) is 20.2. The molecule has 0 spiro atoms. The van der Waals surface area contributed by atoms with Crippen LogP contribution in [-0.4, -0.2) is 26.1 Å². The molecule has 5 rings (SSSR count). The third kappa shape index (κ3) is 3.67. The van der Waals surface area contributed by atoms with Gasteiger partial charge in [0.2, 0.25) is 0 Å². The molecule has 0 bridgehead atoms. The van der Waals surface area contributed by atoms with Gasteiger partial charge in [0.05, 0.1) is 6.04 Å². The molecule has 34 heavy (non-hydrogen) atoms. The fourth-order valence-electron chi connectivity index (χ4n) is 4.98. The number of amides is 1. The first kappa shape index (κ1) is 22.0. The summed E-state index contributed by atoms with van der Waals surface area (Å²) >= 11 is 0. The van der Waals surface area contributed by atoms with E-state index in [2.05, 4.69) is 72.6 Å². The molecule has 1 aliphatic rings. The molecule has 1 aliphatic heterocycles. The number of benzene rings is 3. The number of nitrogens with one attached hydrogen (secondary N) is 1. The first-order valence-corrected chi connectivity index (χ1v) is 11.7. The van der Waals surface area contributed by atoms with Crippen molar-refractivity contribution in [2.45, 2.75) is 46.7 Å². The van der Waals surface area contributed by atoms with E-state index < -0.39 is 0 Å². The lowest BCUT2D eigenvalue weighted by atomic mass is 9.92. The predicted octanol–water partition coefficient (Wildman–Crippen LogP) is 6.02. The smallest absolute Gasteiger partial charge is 0.273 e. The van der Waals surface area contributed by atoms with E-state index in [0.29, 0.717) is 23.5 Å². The van der Waals surface area contributed by atoms with E-state index in [4.69, 9.17) is 0 Å². The average molecular weight is 452 g/mol.